The predicted molar refractivity (Wildman–Crippen MR) is 127 cm³/mol. The molecule has 0 aliphatic carbocycles. The van der Waals surface area contributed by atoms with Crippen LogP contribution in [-0.4, -0.2) is 34.6 Å². The fourth-order valence-electron chi connectivity index (χ4n) is 3.88. The van der Waals surface area contributed by atoms with Crippen LogP contribution in [0.4, 0.5) is 0 Å². The van der Waals surface area contributed by atoms with E-state index in [9.17, 15) is 14.4 Å². The van der Waals surface area contributed by atoms with E-state index in [1.165, 1.54) is 13.2 Å². The van der Waals surface area contributed by atoms with Crippen LogP contribution in [0, 0.1) is 0 Å². The van der Waals surface area contributed by atoms with Gasteiger partial charge in [0, 0.05) is 40.8 Å². The number of esters is 1. The monoisotopic (exact) mass is 460 g/mol. The van der Waals surface area contributed by atoms with Crippen molar-refractivity contribution in [2.24, 2.45) is 5.16 Å². The molecular formula is C26H24N2O6. The van der Waals surface area contributed by atoms with Gasteiger partial charge in [-0.1, -0.05) is 11.2 Å². The van der Waals surface area contributed by atoms with Crippen molar-refractivity contribution in [1.82, 2.24) is 4.57 Å². The molecule has 0 spiro atoms. The second kappa shape index (κ2) is 9.74. The maximum absolute atomic E-state index is 12.9. The third-order valence-corrected chi connectivity index (χ3v) is 5.45. The highest BCUT2D eigenvalue weighted by molar-refractivity contribution is 6.15. The van der Waals surface area contributed by atoms with Gasteiger partial charge in [0.2, 0.25) is 5.78 Å². The number of ketones is 1. The Labute approximate surface area is 195 Å². The normalized spacial score (nSPS) is 11.7. The Morgan fingerprint density at radius 3 is 2.26 bits per heavy atom. The molecule has 0 aliphatic rings. The van der Waals surface area contributed by atoms with E-state index >= 15 is 0 Å². The lowest BCUT2D eigenvalue weighted by Crippen LogP contribution is -2.09. The Morgan fingerprint density at radius 1 is 0.971 bits per heavy atom. The zero-order chi connectivity index (χ0) is 24.2. The lowest BCUT2D eigenvalue weighted by atomic mass is 10.0. The number of carbonyl (C=O) groups excluding carboxylic acids is 3. The number of oxime groups is 1. The molecule has 4 rings (SSSR count). The minimum absolute atomic E-state index is 0.217. The lowest BCUT2D eigenvalue weighted by molar-refractivity contribution is -0.143. The zero-order valence-electron chi connectivity index (χ0n) is 19.2. The van der Waals surface area contributed by atoms with E-state index in [1.54, 1.807) is 32.0 Å². The first-order chi connectivity index (χ1) is 16.4. The average Bonchev–Trinajstić information content (AvgIpc) is 3.47. The molecule has 4 aromatic rings. The Kier molecular flexibility index (Phi) is 6.58. The highest BCUT2D eigenvalue weighted by atomic mass is 16.7. The number of benzene rings is 2. The number of nitrogens with zero attached hydrogens (tertiary/aromatic N) is 2. The number of aromatic nitrogens is 1. The van der Waals surface area contributed by atoms with Crippen molar-refractivity contribution in [2.75, 3.05) is 6.61 Å². The van der Waals surface area contributed by atoms with E-state index in [4.69, 9.17) is 14.0 Å². The third kappa shape index (κ3) is 4.61. The van der Waals surface area contributed by atoms with Crippen LogP contribution in [0.5, 0.6) is 0 Å². The Morgan fingerprint density at radius 2 is 1.65 bits per heavy atom. The summed E-state index contributed by atoms with van der Waals surface area (Å²) in [7, 11) is 0. The van der Waals surface area contributed by atoms with E-state index in [0.717, 1.165) is 27.4 Å². The molecule has 0 unspecified atom stereocenters. The summed E-state index contributed by atoms with van der Waals surface area (Å²) in [5.41, 5.74) is 3.56. The smallest absolute Gasteiger partial charge is 0.331 e. The van der Waals surface area contributed by atoms with Crippen LogP contribution >= 0.6 is 0 Å². The number of hydrogen-bond acceptors (Lipinski definition) is 7. The molecule has 2 heterocycles. The summed E-state index contributed by atoms with van der Waals surface area (Å²) in [5.74, 6) is -0.737. The minimum Gasteiger partial charge on any atom is -0.466 e. The number of ether oxygens (including phenoxy) is 1. The highest BCUT2D eigenvalue weighted by Crippen LogP contribution is 2.32. The molecule has 174 valence electrons. The number of carbonyl (C=O) groups is 3. The molecule has 0 saturated heterocycles. The first kappa shape index (κ1) is 23.0. The Hall–Kier alpha value is -4.20. The van der Waals surface area contributed by atoms with Gasteiger partial charge < -0.3 is 18.6 Å². The third-order valence-electron chi connectivity index (χ3n) is 5.45. The number of aryl methyl sites for hydroxylation is 1. The summed E-state index contributed by atoms with van der Waals surface area (Å²) in [6, 6.07) is 14.5. The second-order valence-electron chi connectivity index (χ2n) is 7.74. The standard InChI is InChI=1S/C26H24N2O6/c1-4-32-25(30)11-12-28-22-9-7-18(16(2)27-34-17(3)29)14-20(22)21-15-19(8-10-23(21)28)26(31)24-6-5-13-33-24/h5-10,13-15H,4,11-12H2,1-3H3/b27-16-. The number of rotatable bonds is 8. The van der Waals surface area contributed by atoms with Crippen molar-refractivity contribution in [3.63, 3.8) is 0 Å². The van der Waals surface area contributed by atoms with Gasteiger partial charge in [-0.25, -0.2) is 4.79 Å². The van der Waals surface area contributed by atoms with Crippen molar-refractivity contribution in [1.29, 1.82) is 0 Å². The van der Waals surface area contributed by atoms with Gasteiger partial charge in [-0.15, -0.1) is 0 Å². The largest absolute Gasteiger partial charge is 0.466 e. The average molecular weight is 460 g/mol. The summed E-state index contributed by atoms with van der Waals surface area (Å²) in [6.07, 6.45) is 1.68. The molecule has 2 aromatic heterocycles. The molecule has 0 amide bonds. The van der Waals surface area contributed by atoms with Gasteiger partial charge in [-0.05, 0) is 61.9 Å². The number of hydrogen-bond donors (Lipinski definition) is 0. The summed E-state index contributed by atoms with van der Waals surface area (Å²) in [5, 5.41) is 5.60. The summed E-state index contributed by atoms with van der Waals surface area (Å²) in [6.45, 7) is 5.56. The molecule has 0 atom stereocenters. The van der Waals surface area contributed by atoms with Crippen LogP contribution in [-0.2, 0) is 25.7 Å². The Balaban J connectivity index is 1.84. The predicted octanol–water partition coefficient (Wildman–Crippen LogP) is 4.86. The van der Waals surface area contributed by atoms with E-state index in [1.807, 2.05) is 34.9 Å². The van der Waals surface area contributed by atoms with Crippen LogP contribution < -0.4 is 0 Å². The fraction of sp³-hybridized carbons (Fsp3) is 0.231. The van der Waals surface area contributed by atoms with E-state index < -0.39 is 5.97 Å². The van der Waals surface area contributed by atoms with Crippen LogP contribution in [0.2, 0.25) is 0 Å². The molecule has 0 saturated carbocycles. The van der Waals surface area contributed by atoms with Crippen molar-refractivity contribution in [2.45, 2.75) is 33.7 Å². The number of furan rings is 1. The highest BCUT2D eigenvalue weighted by Gasteiger charge is 2.18. The first-order valence-electron chi connectivity index (χ1n) is 10.9. The van der Waals surface area contributed by atoms with Gasteiger partial charge in [0.1, 0.15) is 0 Å². The maximum atomic E-state index is 12.9. The Bertz CT molecular complexity index is 1410. The zero-order valence-corrected chi connectivity index (χ0v) is 19.2. The van der Waals surface area contributed by atoms with Gasteiger partial charge in [0.05, 0.1) is 25.0 Å². The van der Waals surface area contributed by atoms with Crippen LogP contribution in [0.15, 0.2) is 64.4 Å². The lowest BCUT2D eigenvalue weighted by Gasteiger charge is -2.08. The molecular weight excluding hydrogens is 436 g/mol. The summed E-state index contributed by atoms with van der Waals surface area (Å²) >= 11 is 0. The SMILES string of the molecule is CCOC(=O)CCn1c2ccc(C(=O)c3ccco3)cc2c2cc(/C(C)=N\OC(C)=O)ccc21. The second-order valence-corrected chi connectivity index (χ2v) is 7.74. The van der Waals surface area contributed by atoms with Crippen LogP contribution in [0.1, 0.15) is 48.9 Å². The number of fused-ring (bicyclic) bond motifs is 3. The molecule has 2 aromatic carbocycles. The summed E-state index contributed by atoms with van der Waals surface area (Å²) < 4.78 is 12.4. The topological polar surface area (TPSA) is 100 Å². The van der Waals surface area contributed by atoms with Gasteiger partial charge in [-0.3, -0.25) is 9.59 Å². The molecule has 0 N–H and O–H groups in total. The maximum Gasteiger partial charge on any atom is 0.331 e. The fourth-order valence-corrected chi connectivity index (χ4v) is 3.88. The molecule has 0 radical (unpaired) electrons. The first-order valence-corrected chi connectivity index (χ1v) is 10.9. The molecule has 0 fully saturated rings. The van der Waals surface area contributed by atoms with Crippen LogP contribution in [0.3, 0.4) is 0 Å². The van der Waals surface area contributed by atoms with Crippen LogP contribution in [0.25, 0.3) is 21.8 Å². The molecule has 34 heavy (non-hydrogen) atoms. The van der Waals surface area contributed by atoms with Gasteiger partial charge in [-0.2, -0.15) is 0 Å². The van der Waals surface area contributed by atoms with E-state index in [0.29, 0.717) is 24.4 Å². The quantitative estimate of drug-likeness (QED) is 0.122. The van der Waals surface area contributed by atoms with E-state index in [2.05, 4.69) is 5.16 Å². The molecule has 0 aliphatic heterocycles. The van der Waals surface area contributed by atoms with E-state index in [-0.39, 0.29) is 23.9 Å². The van der Waals surface area contributed by atoms with Crippen molar-refractivity contribution < 1.29 is 28.4 Å². The molecule has 8 heteroatoms. The minimum atomic E-state index is -0.503. The van der Waals surface area contributed by atoms with Gasteiger partial charge >= 0.3 is 11.9 Å². The van der Waals surface area contributed by atoms with Crippen molar-refractivity contribution in [3.05, 3.63) is 71.7 Å². The van der Waals surface area contributed by atoms with Gasteiger partial charge in [0.25, 0.3) is 0 Å². The van der Waals surface area contributed by atoms with Crippen molar-refractivity contribution in [3.8, 4) is 0 Å². The molecule has 8 nitrogen and oxygen atoms in total. The molecule has 0 bridgehead atoms. The summed E-state index contributed by atoms with van der Waals surface area (Å²) in [4.78, 5) is 40.8. The van der Waals surface area contributed by atoms with Gasteiger partial charge in [0.15, 0.2) is 5.76 Å². The van der Waals surface area contributed by atoms with Crippen molar-refractivity contribution >= 4 is 45.2 Å².